The Morgan fingerprint density at radius 2 is 1.84 bits per heavy atom. The molecule has 3 aromatic rings. The predicted octanol–water partition coefficient (Wildman–Crippen LogP) is 8.45. The van der Waals surface area contributed by atoms with Crippen molar-refractivity contribution in [2.75, 3.05) is 13.1 Å². The third-order valence-corrected chi connectivity index (χ3v) is 10.4. The molecule has 51 heavy (non-hydrogen) atoms. The number of carbonyl (C=O) groups is 3. The Bertz CT molecular complexity index is 1830. The van der Waals surface area contributed by atoms with Gasteiger partial charge in [0, 0.05) is 48.6 Å². The van der Waals surface area contributed by atoms with Gasteiger partial charge >= 0.3 is 12.4 Å². The maximum absolute atomic E-state index is 15.2. The van der Waals surface area contributed by atoms with Crippen LogP contribution >= 0.6 is 22.9 Å². The minimum atomic E-state index is -4.93. The summed E-state index contributed by atoms with van der Waals surface area (Å²) in [5.41, 5.74) is -2.70. The number of nitrogens with zero attached hydrogens (tertiary/aromatic N) is 4. The lowest BCUT2D eigenvalue weighted by Crippen LogP contribution is -2.68. The van der Waals surface area contributed by atoms with Crippen LogP contribution in [0, 0.1) is 11.3 Å². The van der Waals surface area contributed by atoms with E-state index in [4.69, 9.17) is 21.6 Å². The molecule has 272 valence electrons. The maximum Gasteiger partial charge on any atom is 0.425 e. The molecule has 0 unspecified atom stereocenters. The average Bonchev–Trinajstić information content (AvgIpc) is 3.56. The number of rotatable bonds is 10. The van der Waals surface area contributed by atoms with Crippen molar-refractivity contribution in [1.82, 2.24) is 14.8 Å². The monoisotopic (exact) mass is 754 g/mol. The largest absolute Gasteiger partial charge is 0.474 e. The summed E-state index contributed by atoms with van der Waals surface area (Å²) in [5.74, 6) is -2.42. The maximum atomic E-state index is 15.2. The summed E-state index contributed by atoms with van der Waals surface area (Å²) in [7, 11) is 0. The van der Waals surface area contributed by atoms with Gasteiger partial charge in [-0.15, -0.1) is 11.3 Å². The molecule has 8 nitrogen and oxygen atoms in total. The molecule has 16 heteroatoms. The number of alkyl halides is 6. The van der Waals surface area contributed by atoms with Crippen LogP contribution in [-0.2, 0) is 28.4 Å². The number of aromatic nitrogens is 1. The zero-order chi connectivity index (χ0) is 37.1. The van der Waals surface area contributed by atoms with Crippen molar-refractivity contribution in [1.29, 1.82) is 5.26 Å². The van der Waals surface area contributed by atoms with Gasteiger partial charge in [0.2, 0.25) is 5.60 Å². The molecular formula is C35H33ClF6N4O4S. The Kier molecular flexibility index (Phi) is 11.4. The quantitative estimate of drug-likeness (QED) is 0.193. The first-order valence-electron chi connectivity index (χ1n) is 16.3. The molecule has 1 fully saturated rings. The molecule has 0 spiro atoms. The standard InChI is InChI=1S/C35H33ClF6N4O4S/c1-2-5-28-33(50-24-19-29(51-20-24)35(40,41)42,13-4-16-46(28)31(48)30-26(34(37,38)39)6-3-15-44-30)32(49)45-17-12-21-18-22(36)7-9-25(21)27(45)10-8-23(47)11-14-43/h3,6-7,9,15,18-20,27-28H,2,4-5,8,10-13,16-17H2,1H3/t27-,28-,33+/m1/s1. The van der Waals surface area contributed by atoms with Crippen molar-refractivity contribution in [3.8, 4) is 11.8 Å². The second kappa shape index (κ2) is 15.2. The molecule has 0 N–H and O–H groups in total. The number of hydrogen-bond acceptors (Lipinski definition) is 7. The van der Waals surface area contributed by atoms with E-state index in [9.17, 15) is 35.9 Å². The molecule has 2 aliphatic rings. The van der Waals surface area contributed by atoms with Gasteiger partial charge in [-0.05, 0) is 61.1 Å². The number of halogens is 7. The van der Waals surface area contributed by atoms with Gasteiger partial charge < -0.3 is 14.5 Å². The lowest BCUT2D eigenvalue weighted by Gasteiger charge is -2.51. The number of hydrogen-bond donors (Lipinski definition) is 0. The molecule has 1 aromatic carbocycles. The average molecular weight is 755 g/mol. The van der Waals surface area contributed by atoms with Gasteiger partial charge in [-0.1, -0.05) is 31.0 Å². The lowest BCUT2D eigenvalue weighted by atomic mass is 9.78. The zero-order valence-electron chi connectivity index (χ0n) is 27.3. The van der Waals surface area contributed by atoms with E-state index in [-0.39, 0.29) is 63.1 Å². The summed E-state index contributed by atoms with van der Waals surface area (Å²) in [6.07, 6.45) is -8.22. The van der Waals surface area contributed by atoms with Crippen molar-refractivity contribution in [2.45, 2.75) is 88.3 Å². The fourth-order valence-corrected chi connectivity index (χ4v) is 7.90. The Hall–Kier alpha value is -4.16. The lowest BCUT2D eigenvalue weighted by molar-refractivity contribution is -0.163. The molecule has 4 heterocycles. The molecule has 0 saturated carbocycles. The van der Waals surface area contributed by atoms with E-state index in [0.29, 0.717) is 34.8 Å². The van der Waals surface area contributed by atoms with Crippen LogP contribution in [0.15, 0.2) is 48.0 Å². The van der Waals surface area contributed by atoms with Gasteiger partial charge in [0.25, 0.3) is 11.8 Å². The van der Waals surface area contributed by atoms with E-state index < -0.39 is 58.0 Å². The fourth-order valence-electron chi connectivity index (χ4n) is 7.03. The SMILES string of the molecule is CCC[C@H]1N(C(=O)c2ncccc2C(F)(F)F)CCC[C@@]1(Oc1csc(C(F)(F)F)c1)C(=O)N1CCc2cc(Cl)ccc2[C@H]1CCC(=O)CC#N. The van der Waals surface area contributed by atoms with Crippen LogP contribution < -0.4 is 4.74 Å². The topological polar surface area (TPSA) is 104 Å². The van der Waals surface area contributed by atoms with Crippen molar-refractivity contribution < 1.29 is 45.5 Å². The second-order valence-electron chi connectivity index (χ2n) is 12.5. The van der Waals surface area contributed by atoms with Crippen LogP contribution in [0.5, 0.6) is 5.75 Å². The Morgan fingerprint density at radius 1 is 1.08 bits per heavy atom. The van der Waals surface area contributed by atoms with E-state index in [1.807, 2.05) is 6.07 Å². The van der Waals surface area contributed by atoms with Gasteiger partial charge in [0.1, 0.15) is 22.1 Å². The smallest absolute Gasteiger partial charge is 0.425 e. The number of likely N-dealkylation sites (tertiary alicyclic amines) is 1. The van der Waals surface area contributed by atoms with Crippen LogP contribution in [0.1, 0.15) is 90.0 Å². The molecule has 2 aliphatic heterocycles. The molecule has 1 saturated heterocycles. The molecule has 2 amide bonds. The van der Waals surface area contributed by atoms with Gasteiger partial charge in [-0.2, -0.15) is 31.6 Å². The number of piperidine rings is 1. The molecular weight excluding hydrogens is 722 g/mol. The summed E-state index contributed by atoms with van der Waals surface area (Å²) >= 11 is 6.62. The first kappa shape index (κ1) is 38.1. The van der Waals surface area contributed by atoms with E-state index in [0.717, 1.165) is 40.2 Å². The summed E-state index contributed by atoms with van der Waals surface area (Å²) in [6.45, 7) is 1.75. The Balaban J connectivity index is 1.64. The van der Waals surface area contributed by atoms with E-state index >= 15 is 4.79 Å². The van der Waals surface area contributed by atoms with Crippen LogP contribution in [0.25, 0.3) is 0 Å². The van der Waals surface area contributed by atoms with E-state index in [1.54, 1.807) is 25.1 Å². The van der Waals surface area contributed by atoms with Crippen molar-refractivity contribution >= 4 is 40.5 Å². The summed E-state index contributed by atoms with van der Waals surface area (Å²) < 4.78 is 89.7. The number of amides is 2. The Labute approximate surface area is 298 Å². The second-order valence-corrected chi connectivity index (χ2v) is 13.8. The highest BCUT2D eigenvalue weighted by Gasteiger charge is 2.57. The van der Waals surface area contributed by atoms with Gasteiger partial charge in [0.05, 0.1) is 30.1 Å². The highest BCUT2D eigenvalue weighted by atomic mass is 35.5. The number of thiophene rings is 1. The molecule has 5 rings (SSSR count). The van der Waals surface area contributed by atoms with Crippen molar-refractivity contribution in [3.63, 3.8) is 0 Å². The summed E-state index contributed by atoms with van der Waals surface area (Å²) in [4.78, 5) is 47.2. The highest BCUT2D eigenvalue weighted by Crippen LogP contribution is 2.45. The fraction of sp³-hybridized carbons (Fsp3) is 0.457. The molecule has 2 aromatic heterocycles. The number of carbonyl (C=O) groups excluding carboxylic acids is 3. The Morgan fingerprint density at radius 3 is 2.51 bits per heavy atom. The molecule has 0 aliphatic carbocycles. The van der Waals surface area contributed by atoms with Crippen LogP contribution in [-0.4, -0.2) is 57.1 Å². The normalized spacial score (nSPS) is 20.8. The highest BCUT2D eigenvalue weighted by molar-refractivity contribution is 7.10. The minimum absolute atomic E-state index is 0.0489. The third-order valence-electron chi connectivity index (χ3n) is 9.21. The number of fused-ring (bicyclic) bond motifs is 1. The first-order valence-corrected chi connectivity index (χ1v) is 17.5. The minimum Gasteiger partial charge on any atom is -0.474 e. The molecule has 0 bridgehead atoms. The number of Topliss-reactive ketones (excluding diaryl/α,β-unsaturated/α-hetero) is 1. The van der Waals surface area contributed by atoms with Gasteiger partial charge in [0.15, 0.2) is 0 Å². The van der Waals surface area contributed by atoms with Gasteiger partial charge in [-0.25, -0.2) is 0 Å². The van der Waals surface area contributed by atoms with Crippen LogP contribution in [0.4, 0.5) is 26.3 Å². The van der Waals surface area contributed by atoms with Gasteiger partial charge in [-0.3, -0.25) is 19.4 Å². The molecule has 3 atom stereocenters. The number of ether oxygens (including phenoxy) is 1. The number of benzene rings is 1. The predicted molar refractivity (Wildman–Crippen MR) is 175 cm³/mol. The summed E-state index contributed by atoms with van der Waals surface area (Å²) in [5, 5.41) is 10.6. The zero-order valence-corrected chi connectivity index (χ0v) is 28.9. The number of pyridine rings is 1. The van der Waals surface area contributed by atoms with E-state index in [1.165, 1.54) is 4.90 Å². The number of ketones is 1. The van der Waals surface area contributed by atoms with Crippen molar-refractivity contribution in [2.24, 2.45) is 0 Å². The number of nitriles is 1. The molecule has 0 radical (unpaired) electrons. The van der Waals surface area contributed by atoms with Crippen LogP contribution in [0.3, 0.4) is 0 Å². The summed E-state index contributed by atoms with van der Waals surface area (Å²) in [6, 6.07) is 7.47. The van der Waals surface area contributed by atoms with Crippen molar-refractivity contribution in [3.05, 3.63) is 80.3 Å². The van der Waals surface area contributed by atoms with E-state index in [2.05, 4.69) is 4.98 Å². The third kappa shape index (κ3) is 8.02. The first-order chi connectivity index (χ1) is 24.1. The van der Waals surface area contributed by atoms with Crippen LogP contribution in [0.2, 0.25) is 5.02 Å².